The first-order valence-electron chi connectivity index (χ1n) is 6.81. The minimum atomic E-state index is -0.784. The number of nitrogens with one attached hydrogen (secondary N) is 1. The number of hydrogen-bond donors (Lipinski definition) is 2. The molecule has 0 unspecified atom stereocenters. The lowest BCUT2D eigenvalue weighted by Gasteiger charge is -2.25. The van der Waals surface area contributed by atoms with Crippen LogP contribution in [0.25, 0.3) is 0 Å². The van der Waals surface area contributed by atoms with Gasteiger partial charge in [-0.2, -0.15) is 0 Å². The Labute approximate surface area is 114 Å². The molecule has 1 amide bonds. The molecule has 0 aliphatic heterocycles. The van der Waals surface area contributed by atoms with Crippen LogP contribution in [0.5, 0.6) is 0 Å². The molecule has 1 fully saturated rings. The summed E-state index contributed by atoms with van der Waals surface area (Å²) in [5.74, 6) is -0.697. The van der Waals surface area contributed by atoms with Crippen molar-refractivity contribution in [1.29, 1.82) is 0 Å². The molecule has 0 bridgehead atoms. The van der Waals surface area contributed by atoms with Crippen molar-refractivity contribution in [2.75, 3.05) is 0 Å². The van der Waals surface area contributed by atoms with Crippen molar-refractivity contribution in [1.82, 2.24) is 5.32 Å². The van der Waals surface area contributed by atoms with Crippen LogP contribution in [-0.4, -0.2) is 28.8 Å². The van der Waals surface area contributed by atoms with Crippen molar-refractivity contribution in [3.63, 3.8) is 0 Å². The Morgan fingerprint density at radius 1 is 1.42 bits per heavy atom. The summed E-state index contributed by atoms with van der Waals surface area (Å²) in [4.78, 5) is 23.1. The predicted octanol–water partition coefficient (Wildman–Crippen LogP) is 2.79. The monoisotopic (exact) mass is 271 g/mol. The van der Waals surface area contributed by atoms with Crippen molar-refractivity contribution in [2.24, 2.45) is 11.3 Å². The molecule has 0 aromatic heterocycles. The van der Waals surface area contributed by atoms with Crippen molar-refractivity contribution in [2.45, 2.75) is 65.5 Å². The Bertz CT molecular complexity index is 361. The van der Waals surface area contributed by atoms with E-state index in [0.717, 1.165) is 6.42 Å². The van der Waals surface area contributed by atoms with Gasteiger partial charge >= 0.3 is 12.1 Å². The van der Waals surface area contributed by atoms with Gasteiger partial charge in [-0.3, -0.25) is 4.79 Å². The largest absolute Gasteiger partial charge is 0.481 e. The third-order valence-electron chi connectivity index (χ3n) is 3.84. The summed E-state index contributed by atoms with van der Waals surface area (Å²) in [5.41, 5.74) is -1.29. The molecule has 0 aromatic rings. The van der Waals surface area contributed by atoms with Gasteiger partial charge in [0.15, 0.2) is 0 Å². The van der Waals surface area contributed by atoms with Crippen LogP contribution in [0, 0.1) is 11.3 Å². The molecule has 1 aliphatic carbocycles. The average molecular weight is 271 g/mol. The van der Waals surface area contributed by atoms with Gasteiger partial charge in [0, 0.05) is 6.04 Å². The van der Waals surface area contributed by atoms with Crippen LogP contribution in [0.2, 0.25) is 0 Å². The van der Waals surface area contributed by atoms with E-state index >= 15 is 0 Å². The van der Waals surface area contributed by atoms with Crippen molar-refractivity contribution < 1.29 is 19.4 Å². The second kappa shape index (κ2) is 5.39. The molecule has 0 heterocycles. The summed E-state index contributed by atoms with van der Waals surface area (Å²) in [6, 6.07) is -0.124. The summed E-state index contributed by atoms with van der Waals surface area (Å²) >= 11 is 0. The van der Waals surface area contributed by atoms with E-state index in [9.17, 15) is 14.7 Å². The lowest BCUT2D eigenvalue weighted by molar-refractivity contribution is -0.150. The van der Waals surface area contributed by atoms with E-state index in [1.807, 2.05) is 6.92 Å². The van der Waals surface area contributed by atoms with Crippen LogP contribution in [0.3, 0.4) is 0 Å². The van der Waals surface area contributed by atoms with Crippen LogP contribution in [0.1, 0.15) is 53.9 Å². The van der Waals surface area contributed by atoms with E-state index in [4.69, 9.17) is 4.74 Å². The maximum Gasteiger partial charge on any atom is 0.407 e. The zero-order valence-electron chi connectivity index (χ0n) is 12.4. The van der Waals surface area contributed by atoms with Crippen LogP contribution < -0.4 is 5.32 Å². The standard InChI is InChI=1S/C14H25NO4/c1-6-9-7-10(8-14(9,5)11(16)17)15-12(18)19-13(2,3)4/h9-10H,6-8H2,1-5H3,(H,15,18)(H,16,17)/t9-,10+,14-/m0/s1. The number of amides is 1. The smallest absolute Gasteiger partial charge is 0.407 e. The quantitative estimate of drug-likeness (QED) is 0.827. The first-order valence-corrected chi connectivity index (χ1v) is 6.81. The molecule has 3 atom stereocenters. The van der Waals surface area contributed by atoms with Gasteiger partial charge in [-0.15, -0.1) is 0 Å². The van der Waals surface area contributed by atoms with Crippen LogP contribution >= 0.6 is 0 Å². The van der Waals surface area contributed by atoms with Gasteiger partial charge in [0.1, 0.15) is 5.60 Å². The van der Waals surface area contributed by atoms with E-state index < -0.39 is 23.1 Å². The molecule has 1 saturated carbocycles. The molecule has 2 N–H and O–H groups in total. The highest BCUT2D eigenvalue weighted by atomic mass is 16.6. The van der Waals surface area contributed by atoms with Gasteiger partial charge in [-0.05, 0) is 46.5 Å². The lowest BCUT2D eigenvalue weighted by atomic mass is 9.78. The van der Waals surface area contributed by atoms with E-state index in [1.54, 1.807) is 27.7 Å². The van der Waals surface area contributed by atoms with Gasteiger partial charge in [0.25, 0.3) is 0 Å². The van der Waals surface area contributed by atoms with Crippen molar-refractivity contribution >= 4 is 12.1 Å². The third-order valence-corrected chi connectivity index (χ3v) is 3.84. The van der Waals surface area contributed by atoms with Crippen LogP contribution in [0.15, 0.2) is 0 Å². The first-order chi connectivity index (χ1) is 8.58. The Morgan fingerprint density at radius 3 is 2.37 bits per heavy atom. The Balaban J connectivity index is 2.64. The van der Waals surface area contributed by atoms with Gasteiger partial charge in [-0.25, -0.2) is 4.79 Å². The molecule has 0 radical (unpaired) electrons. The second-order valence-electron chi connectivity index (χ2n) is 6.61. The lowest BCUT2D eigenvalue weighted by Crippen LogP contribution is -2.39. The molecule has 19 heavy (non-hydrogen) atoms. The normalized spacial score (nSPS) is 31.0. The summed E-state index contributed by atoms with van der Waals surface area (Å²) in [6.45, 7) is 9.16. The van der Waals surface area contributed by atoms with E-state index in [0.29, 0.717) is 12.8 Å². The highest BCUT2D eigenvalue weighted by molar-refractivity contribution is 5.75. The number of carbonyl (C=O) groups is 2. The number of alkyl carbamates (subject to hydrolysis) is 1. The van der Waals surface area contributed by atoms with E-state index in [-0.39, 0.29) is 12.0 Å². The SMILES string of the molecule is CC[C@H]1C[C@@H](NC(=O)OC(C)(C)C)C[C@]1(C)C(=O)O. The molecule has 1 rings (SSSR count). The molecule has 1 aliphatic rings. The van der Waals surface area contributed by atoms with Gasteiger partial charge in [0.2, 0.25) is 0 Å². The van der Waals surface area contributed by atoms with Gasteiger partial charge in [0.05, 0.1) is 5.41 Å². The zero-order chi connectivity index (χ0) is 14.8. The fourth-order valence-electron chi connectivity index (χ4n) is 2.83. The number of carboxylic acid groups (broad SMARTS) is 1. The minimum Gasteiger partial charge on any atom is -0.481 e. The number of carboxylic acids is 1. The fraction of sp³-hybridized carbons (Fsp3) is 0.857. The summed E-state index contributed by atoms with van der Waals surface area (Å²) < 4.78 is 5.20. The van der Waals surface area contributed by atoms with Crippen LogP contribution in [-0.2, 0) is 9.53 Å². The molecule has 5 heteroatoms. The number of hydrogen-bond acceptors (Lipinski definition) is 3. The minimum absolute atomic E-state index is 0.0879. The highest BCUT2D eigenvalue weighted by Crippen LogP contribution is 2.45. The zero-order valence-corrected chi connectivity index (χ0v) is 12.4. The average Bonchev–Trinajstić information content (AvgIpc) is 2.53. The van der Waals surface area contributed by atoms with E-state index in [1.165, 1.54) is 0 Å². The molecular weight excluding hydrogens is 246 g/mol. The summed E-state index contributed by atoms with van der Waals surface area (Å²) in [6.07, 6.45) is 1.48. The highest BCUT2D eigenvalue weighted by Gasteiger charge is 2.48. The molecule has 0 saturated heterocycles. The van der Waals surface area contributed by atoms with E-state index in [2.05, 4.69) is 5.32 Å². The summed E-state index contributed by atoms with van der Waals surface area (Å²) in [5, 5.41) is 12.2. The number of aliphatic carboxylic acids is 1. The first kappa shape index (κ1) is 15.8. The maximum atomic E-state index is 11.7. The Morgan fingerprint density at radius 2 is 2.00 bits per heavy atom. The fourth-order valence-corrected chi connectivity index (χ4v) is 2.83. The molecule has 5 nitrogen and oxygen atoms in total. The van der Waals surface area contributed by atoms with Gasteiger partial charge < -0.3 is 15.2 Å². The Kier molecular flexibility index (Phi) is 4.48. The molecule has 0 spiro atoms. The maximum absolute atomic E-state index is 11.7. The topological polar surface area (TPSA) is 75.6 Å². The van der Waals surface area contributed by atoms with Crippen LogP contribution in [0.4, 0.5) is 4.79 Å². The molecule has 110 valence electrons. The second-order valence-corrected chi connectivity index (χ2v) is 6.61. The number of ether oxygens (including phenoxy) is 1. The number of carbonyl (C=O) groups excluding carboxylic acids is 1. The third kappa shape index (κ3) is 3.85. The summed E-state index contributed by atoms with van der Waals surface area (Å²) in [7, 11) is 0. The molecular formula is C14H25NO4. The number of rotatable bonds is 3. The predicted molar refractivity (Wildman–Crippen MR) is 71.9 cm³/mol. The molecule has 0 aromatic carbocycles. The van der Waals surface area contributed by atoms with Gasteiger partial charge in [-0.1, -0.05) is 13.3 Å². The van der Waals surface area contributed by atoms with Crippen molar-refractivity contribution in [3.8, 4) is 0 Å². The Hall–Kier alpha value is -1.26. The van der Waals surface area contributed by atoms with Crippen molar-refractivity contribution in [3.05, 3.63) is 0 Å².